The van der Waals surface area contributed by atoms with Gasteiger partial charge in [-0.15, -0.1) is 0 Å². The van der Waals surface area contributed by atoms with E-state index in [1.165, 1.54) is 33.9 Å². The number of carbonyl (C=O) groups excluding carboxylic acids is 1. The van der Waals surface area contributed by atoms with E-state index in [0.29, 0.717) is 6.54 Å². The highest BCUT2D eigenvalue weighted by Gasteiger charge is 2.19. The Morgan fingerprint density at radius 2 is 1.90 bits per heavy atom. The first-order valence-electron chi connectivity index (χ1n) is 9.43. The zero-order valence-corrected chi connectivity index (χ0v) is 16.6. The van der Waals surface area contributed by atoms with Crippen molar-refractivity contribution in [3.05, 3.63) is 92.7 Å². The molecule has 4 aromatic rings. The Hall–Kier alpha value is -4.34. The number of para-hydroxylation sites is 2. The molecule has 0 radical (unpaired) electrons. The molecule has 156 valence electrons. The molecular formula is C21H18N6O4. The number of nitro groups is 1. The first-order valence-corrected chi connectivity index (χ1v) is 9.43. The Labute approximate surface area is 175 Å². The van der Waals surface area contributed by atoms with Crippen molar-refractivity contribution in [1.29, 1.82) is 0 Å². The molecule has 0 spiro atoms. The monoisotopic (exact) mass is 418 g/mol. The third kappa shape index (κ3) is 4.04. The van der Waals surface area contributed by atoms with E-state index in [0.717, 1.165) is 11.1 Å². The lowest BCUT2D eigenvalue weighted by Crippen LogP contribution is -2.32. The van der Waals surface area contributed by atoms with E-state index in [1.807, 2.05) is 31.2 Å². The summed E-state index contributed by atoms with van der Waals surface area (Å²) in [7, 11) is 0. The van der Waals surface area contributed by atoms with Gasteiger partial charge in [-0.25, -0.2) is 9.67 Å². The molecule has 31 heavy (non-hydrogen) atoms. The predicted octanol–water partition coefficient (Wildman–Crippen LogP) is 2.12. The molecule has 0 saturated heterocycles. The molecule has 0 aliphatic rings. The Kier molecular flexibility index (Phi) is 5.27. The van der Waals surface area contributed by atoms with E-state index >= 15 is 0 Å². The average molecular weight is 418 g/mol. The van der Waals surface area contributed by atoms with Crippen LogP contribution in [0.4, 0.5) is 5.69 Å². The number of benzene rings is 2. The minimum Gasteiger partial charge on any atom is -0.350 e. The molecule has 2 aromatic carbocycles. The molecule has 0 fully saturated rings. The summed E-state index contributed by atoms with van der Waals surface area (Å²) in [6.07, 6.45) is 2.53. The van der Waals surface area contributed by atoms with Crippen LogP contribution >= 0.6 is 0 Å². The summed E-state index contributed by atoms with van der Waals surface area (Å²) in [6, 6.07) is 13.8. The highest BCUT2D eigenvalue weighted by atomic mass is 16.6. The van der Waals surface area contributed by atoms with Crippen LogP contribution in [-0.2, 0) is 17.9 Å². The van der Waals surface area contributed by atoms with Crippen LogP contribution < -0.4 is 10.9 Å². The summed E-state index contributed by atoms with van der Waals surface area (Å²) < 4.78 is 2.43. The number of nitrogens with one attached hydrogen (secondary N) is 1. The second-order valence-corrected chi connectivity index (χ2v) is 6.98. The first kappa shape index (κ1) is 20.0. The summed E-state index contributed by atoms with van der Waals surface area (Å²) in [5.74, 6) is -0.338. The predicted molar refractivity (Wildman–Crippen MR) is 113 cm³/mol. The van der Waals surface area contributed by atoms with Crippen LogP contribution in [-0.4, -0.2) is 30.2 Å². The van der Waals surface area contributed by atoms with Gasteiger partial charge in [-0.05, 0) is 18.6 Å². The number of amides is 1. The molecule has 4 rings (SSSR count). The lowest BCUT2D eigenvalue weighted by atomic mass is 10.1. The van der Waals surface area contributed by atoms with Crippen molar-refractivity contribution in [3.8, 4) is 5.69 Å². The molecule has 0 aliphatic carbocycles. The Morgan fingerprint density at radius 1 is 1.16 bits per heavy atom. The summed E-state index contributed by atoms with van der Waals surface area (Å²) in [6.45, 7) is 2.12. The quantitative estimate of drug-likeness (QED) is 0.378. The molecule has 2 heterocycles. The fourth-order valence-corrected chi connectivity index (χ4v) is 3.15. The molecule has 0 atom stereocenters. The zero-order valence-electron chi connectivity index (χ0n) is 16.6. The molecule has 0 unspecified atom stereocenters. The van der Waals surface area contributed by atoms with E-state index in [1.54, 1.807) is 12.1 Å². The second-order valence-electron chi connectivity index (χ2n) is 6.98. The van der Waals surface area contributed by atoms with Crippen LogP contribution in [0.5, 0.6) is 0 Å². The topological polar surface area (TPSA) is 125 Å². The minimum absolute atomic E-state index is 0.158. The Morgan fingerprint density at radius 3 is 2.65 bits per heavy atom. The Balaban J connectivity index is 1.57. The number of carbonyl (C=O) groups is 1. The van der Waals surface area contributed by atoms with Crippen LogP contribution in [0.3, 0.4) is 0 Å². The Bertz CT molecular complexity index is 1340. The summed E-state index contributed by atoms with van der Waals surface area (Å²) in [4.78, 5) is 40.1. The molecule has 0 bridgehead atoms. The van der Waals surface area contributed by atoms with Crippen LogP contribution in [0.15, 0.2) is 65.8 Å². The van der Waals surface area contributed by atoms with E-state index < -0.39 is 10.5 Å². The summed E-state index contributed by atoms with van der Waals surface area (Å²) >= 11 is 0. The van der Waals surface area contributed by atoms with Gasteiger partial charge in [-0.1, -0.05) is 42.0 Å². The molecule has 0 saturated carbocycles. The fourth-order valence-electron chi connectivity index (χ4n) is 3.15. The number of hydrogen-bond acceptors (Lipinski definition) is 6. The normalized spacial score (nSPS) is 10.9. The van der Waals surface area contributed by atoms with E-state index in [9.17, 15) is 19.7 Å². The maximum Gasteiger partial charge on any atom is 0.294 e. The fraction of sp³-hybridized carbons (Fsp3) is 0.143. The number of fused-ring (bicyclic) bond motifs is 1. The molecule has 10 heteroatoms. The molecule has 1 amide bonds. The van der Waals surface area contributed by atoms with Crippen molar-refractivity contribution >= 4 is 22.6 Å². The molecule has 10 nitrogen and oxygen atoms in total. The highest BCUT2D eigenvalue weighted by molar-refractivity contribution is 5.78. The van der Waals surface area contributed by atoms with Crippen molar-refractivity contribution in [3.63, 3.8) is 0 Å². The van der Waals surface area contributed by atoms with E-state index in [4.69, 9.17) is 0 Å². The number of nitro benzene ring substituents is 1. The summed E-state index contributed by atoms with van der Waals surface area (Å²) in [5, 5.41) is 18.3. The van der Waals surface area contributed by atoms with Gasteiger partial charge in [0.05, 0.1) is 11.1 Å². The van der Waals surface area contributed by atoms with Gasteiger partial charge in [0.25, 0.3) is 11.2 Å². The smallest absolute Gasteiger partial charge is 0.294 e. The molecular weight excluding hydrogens is 400 g/mol. The third-order valence-corrected chi connectivity index (χ3v) is 4.79. The maximum atomic E-state index is 12.8. The molecule has 2 aromatic heterocycles. The van der Waals surface area contributed by atoms with Crippen molar-refractivity contribution in [2.75, 3.05) is 0 Å². The lowest BCUT2D eigenvalue weighted by Gasteiger charge is -2.08. The number of rotatable bonds is 6. The van der Waals surface area contributed by atoms with Gasteiger partial charge in [0.15, 0.2) is 5.65 Å². The second kappa shape index (κ2) is 8.19. The number of nitrogens with zero attached hydrogens (tertiary/aromatic N) is 5. The van der Waals surface area contributed by atoms with Gasteiger partial charge in [-0.2, -0.15) is 5.10 Å². The largest absolute Gasteiger partial charge is 0.350 e. The van der Waals surface area contributed by atoms with Crippen molar-refractivity contribution in [1.82, 2.24) is 24.6 Å². The van der Waals surface area contributed by atoms with Crippen LogP contribution in [0.2, 0.25) is 0 Å². The van der Waals surface area contributed by atoms with Gasteiger partial charge in [-0.3, -0.25) is 24.3 Å². The van der Waals surface area contributed by atoms with E-state index in [-0.39, 0.29) is 34.9 Å². The van der Waals surface area contributed by atoms with Gasteiger partial charge in [0, 0.05) is 12.6 Å². The van der Waals surface area contributed by atoms with Crippen molar-refractivity contribution < 1.29 is 9.72 Å². The number of aryl methyl sites for hydroxylation is 1. The standard InChI is InChI=1S/C21H18N6O4/c1-14-6-8-15(9-7-14)10-22-19(28)12-25-13-23-20-16(21(25)29)11-24-26(20)17-4-2-3-5-18(17)27(30)31/h2-9,11,13H,10,12H2,1H3,(H,22,28). The number of aromatic nitrogens is 4. The van der Waals surface area contributed by atoms with E-state index in [2.05, 4.69) is 15.4 Å². The van der Waals surface area contributed by atoms with Gasteiger partial charge in [0.1, 0.15) is 23.9 Å². The van der Waals surface area contributed by atoms with Gasteiger partial charge >= 0.3 is 0 Å². The van der Waals surface area contributed by atoms with Crippen LogP contribution in [0.25, 0.3) is 16.7 Å². The molecule has 1 N–H and O–H groups in total. The molecule has 0 aliphatic heterocycles. The van der Waals surface area contributed by atoms with Crippen LogP contribution in [0.1, 0.15) is 11.1 Å². The first-order chi connectivity index (χ1) is 14.9. The van der Waals surface area contributed by atoms with Crippen molar-refractivity contribution in [2.45, 2.75) is 20.0 Å². The number of hydrogen-bond donors (Lipinski definition) is 1. The highest BCUT2D eigenvalue weighted by Crippen LogP contribution is 2.23. The zero-order chi connectivity index (χ0) is 22.0. The van der Waals surface area contributed by atoms with Gasteiger partial charge < -0.3 is 5.32 Å². The van der Waals surface area contributed by atoms with Crippen molar-refractivity contribution in [2.24, 2.45) is 0 Å². The SMILES string of the molecule is Cc1ccc(CNC(=O)Cn2cnc3c(cnn3-c3ccccc3[N+](=O)[O-])c2=O)cc1. The average Bonchev–Trinajstić information content (AvgIpc) is 3.20. The minimum atomic E-state index is -0.525. The van der Waals surface area contributed by atoms with Gasteiger partial charge in [0.2, 0.25) is 5.91 Å². The third-order valence-electron chi connectivity index (χ3n) is 4.79. The summed E-state index contributed by atoms with van der Waals surface area (Å²) in [5.41, 5.74) is 1.83. The lowest BCUT2D eigenvalue weighted by molar-refractivity contribution is -0.384. The maximum absolute atomic E-state index is 12.8. The van der Waals surface area contributed by atoms with Crippen LogP contribution in [0, 0.1) is 17.0 Å².